The molecule has 1 aromatic rings. The van der Waals surface area contributed by atoms with Gasteiger partial charge in [0.15, 0.2) is 0 Å². The van der Waals surface area contributed by atoms with Gasteiger partial charge in [-0.1, -0.05) is 6.92 Å². The Morgan fingerprint density at radius 1 is 1.50 bits per heavy atom. The molecular formula is C14H22N2O4. The first-order chi connectivity index (χ1) is 9.54. The molecule has 1 atom stereocenters. The van der Waals surface area contributed by atoms with Gasteiger partial charge < -0.3 is 14.7 Å². The number of hydrogen-bond donors (Lipinski definition) is 1. The van der Waals surface area contributed by atoms with Crippen molar-refractivity contribution in [3.8, 4) is 0 Å². The van der Waals surface area contributed by atoms with Crippen LogP contribution < -0.4 is 4.90 Å². The van der Waals surface area contributed by atoms with Crippen LogP contribution in [0.1, 0.15) is 25.8 Å². The van der Waals surface area contributed by atoms with Crippen molar-refractivity contribution in [1.82, 2.24) is 0 Å². The first-order valence-corrected chi connectivity index (χ1v) is 6.68. The first kappa shape index (κ1) is 16.4. The minimum atomic E-state index is -0.453. The van der Waals surface area contributed by atoms with Gasteiger partial charge in [0.1, 0.15) is 0 Å². The molecule has 6 heteroatoms. The Morgan fingerprint density at radius 3 is 2.70 bits per heavy atom. The minimum absolute atomic E-state index is 0.00589. The largest absolute Gasteiger partial charge is 0.392 e. The standard InChI is InChI=1S/C14H22N2O4/c1-4-11(2)15(7-8-20-3)14-6-5-13(16(18)19)9-12(14)10-17/h5-6,9,11,17H,4,7-8,10H2,1-3H3. The summed E-state index contributed by atoms with van der Waals surface area (Å²) in [5.41, 5.74) is 1.38. The monoisotopic (exact) mass is 282 g/mol. The van der Waals surface area contributed by atoms with Gasteiger partial charge in [0, 0.05) is 43.1 Å². The van der Waals surface area contributed by atoms with Gasteiger partial charge in [0.25, 0.3) is 5.69 Å². The Kier molecular flexibility index (Phi) is 6.41. The summed E-state index contributed by atoms with van der Waals surface area (Å²) in [4.78, 5) is 12.5. The summed E-state index contributed by atoms with van der Waals surface area (Å²) in [6.07, 6.45) is 0.936. The number of nitro groups is 1. The third kappa shape index (κ3) is 3.91. The Balaban J connectivity index is 3.14. The lowest BCUT2D eigenvalue weighted by atomic mass is 10.1. The molecule has 112 valence electrons. The molecule has 0 heterocycles. The minimum Gasteiger partial charge on any atom is -0.392 e. The number of rotatable bonds is 8. The molecule has 20 heavy (non-hydrogen) atoms. The van der Waals surface area contributed by atoms with E-state index in [0.29, 0.717) is 18.7 Å². The lowest BCUT2D eigenvalue weighted by molar-refractivity contribution is -0.384. The molecule has 0 bridgehead atoms. The van der Waals surface area contributed by atoms with E-state index in [2.05, 4.69) is 18.7 Å². The van der Waals surface area contributed by atoms with Crippen LogP contribution in [0.15, 0.2) is 18.2 Å². The number of methoxy groups -OCH3 is 1. The predicted molar refractivity (Wildman–Crippen MR) is 78.0 cm³/mol. The van der Waals surface area contributed by atoms with E-state index >= 15 is 0 Å². The van der Waals surface area contributed by atoms with Crippen LogP contribution in [-0.4, -0.2) is 36.3 Å². The second kappa shape index (κ2) is 7.81. The summed E-state index contributed by atoms with van der Waals surface area (Å²) >= 11 is 0. The number of aliphatic hydroxyl groups excluding tert-OH is 1. The highest BCUT2D eigenvalue weighted by atomic mass is 16.6. The van der Waals surface area contributed by atoms with Crippen LogP contribution in [0.3, 0.4) is 0 Å². The van der Waals surface area contributed by atoms with E-state index in [4.69, 9.17) is 4.74 Å². The van der Waals surface area contributed by atoms with Crippen molar-refractivity contribution in [2.75, 3.05) is 25.2 Å². The Morgan fingerprint density at radius 2 is 2.20 bits per heavy atom. The summed E-state index contributed by atoms with van der Waals surface area (Å²) in [5.74, 6) is 0. The number of aliphatic hydroxyl groups is 1. The summed E-state index contributed by atoms with van der Waals surface area (Å²) < 4.78 is 5.11. The smallest absolute Gasteiger partial charge is 0.269 e. The van der Waals surface area contributed by atoms with Gasteiger partial charge in [-0.15, -0.1) is 0 Å². The van der Waals surface area contributed by atoms with Crippen molar-refractivity contribution in [3.63, 3.8) is 0 Å². The van der Waals surface area contributed by atoms with Gasteiger partial charge in [-0.3, -0.25) is 10.1 Å². The lowest BCUT2D eigenvalue weighted by Gasteiger charge is -2.32. The van der Waals surface area contributed by atoms with Gasteiger partial charge in [-0.05, 0) is 19.4 Å². The van der Waals surface area contributed by atoms with Crippen molar-refractivity contribution in [2.45, 2.75) is 32.9 Å². The SMILES string of the molecule is CCC(C)N(CCOC)c1ccc([N+](=O)[O-])cc1CO. The van der Waals surface area contributed by atoms with Gasteiger partial charge in [-0.25, -0.2) is 0 Å². The maximum atomic E-state index is 10.8. The topological polar surface area (TPSA) is 75.8 Å². The van der Waals surface area contributed by atoms with Crippen molar-refractivity contribution in [1.29, 1.82) is 0 Å². The summed E-state index contributed by atoms with van der Waals surface area (Å²) in [6.45, 7) is 5.17. The fraction of sp³-hybridized carbons (Fsp3) is 0.571. The second-order valence-corrected chi connectivity index (χ2v) is 4.67. The second-order valence-electron chi connectivity index (χ2n) is 4.67. The van der Waals surface area contributed by atoms with Crippen LogP contribution in [0.5, 0.6) is 0 Å². The van der Waals surface area contributed by atoms with Crippen LogP contribution >= 0.6 is 0 Å². The molecule has 0 saturated carbocycles. The van der Waals surface area contributed by atoms with Crippen molar-refractivity contribution < 1.29 is 14.8 Å². The number of non-ortho nitro benzene ring substituents is 1. The molecule has 1 aromatic carbocycles. The Bertz CT molecular complexity index is 451. The summed E-state index contributed by atoms with van der Waals surface area (Å²) in [6, 6.07) is 4.86. The molecule has 0 spiro atoms. The zero-order valence-electron chi connectivity index (χ0n) is 12.2. The zero-order chi connectivity index (χ0) is 15.1. The van der Waals surface area contributed by atoms with E-state index in [-0.39, 0.29) is 18.3 Å². The first-order valence-electron chi connectivity index (χ1n) is 6.68. The van der Waals surface area contributed by atoms with Crippen molar-refractivity contribution >= 4 is 11.4 Å². The molecule has 0 aromatic heterocycles. The van der Waals surface area contributed by atoms with Crippen LogP contribution in [-0.2, 0) is 11.3 Å². The fourth-order valence-electron chi connectivity index (χ4n) is 2.08. The average molecular weight is 282 g/mol. The van der Waals surface area contributed by atoms with Crippen molar-refractivity contribution in [3.05, 3.63) is 33.9 Å². The third-order valence-corrected chi connectivity index (χ3v) is 3.41. The third-order valence-electron chi connectivity index (χ3n) is 3.41. The number of benzene rings is 1. The Hall–Kier alpha value is -1.66. The number of anilines is 1. The molecule has 1 unspecified atom stereocenters. The molecule has 0 saturated heterocycles. The van der Waals surface area contributed by atoms with Gasteiger partial charge in [-0.2, -0.15) is 0 Å². The molecular weight excluding hydrogens is 260 g/mol. The highest BCUT2D eigenvalue weighted by Gasteiger charge is 2.18. The average Bonchev–Trinajstić information content (AvgIpc) is 2.47. The van der Waals surface area contributed by atoms with Crippen LogP contribution in [0.4, 0.5) is 11.4 Å². The van der Waals surface area contributed by atoms with Crippen molar-refractivity contribution in [2.24, 2.45) is 0 Å². The van der Waals surface area contributed by atoms with E-state index in [1.807, 2.05) is 0 Å². The molecule has 0 aliphatic heterocycles. The van der Waals surface area contributed by atoms with E-state index in [9.17, 15) is 15.2 Å². The van der Waals surface area contributed by atoms with E-state index in [1.165, 1.54) is 12.1 Å². The highest BCUT2D eigenvalue weighted by molar-refractivity contribution is 5.58. The Labute approximate surface area is 119 Å². The number of ether oxygens (including phenoxy) is 1. The molecule has 0 aliphatic rings. The predicted octanol–water partition coefficient (Wildman–Crippen LogP) is 2.34. The number of hydrogen-bond acceptors (Lipinski definition) is 5. The van der Waals surface area contributed by atoms with Crippen LogP contribution in [0.25, 0.3) is 0 Å². The maximum Gasteiger partial charge on any atom is 0.269 e. The zero-order valence-corrected chi connectivity index (χ0v) is 12.2. The van der Waals surface area contributed by atoms with Gasteiger partial charge in [0.05, 0.1) is 18.1 Å². The molecule has 0 radical (unpaired) electrons. The lowest BCUT2D eigenvalue weighted by Crippen LogP contribution is -2.36. The molecule has 1 rings (SSSR count). The molecule has 1 N–H and O–H groups in total. The van der Waals surface area contributed by atoms with Crippen LogP contribution in [0.2, 0.25) is 0 Å². The molecule has 6 nitrogen and oxygen atoms in total. The number of nitro benzene ring substituents is 1. The van der Waals surface area contributed by atoms with E-state index in [0.717, 1.165) is 12.1 Å². The van der Waals surface area contributed by atoms with E-state index in [1.54, 1.807) is 13.2 Å². The maximum absolute atomic E-state index is 10.8. The summed E-state index contributed by atoms with van der Waals surface area (Å²) in [5, 5.41) is 20.3. The van der Waals surface area contributed by atoms with Crippen LogP contribution in [0, 0.1) is 10.1 Å². The van der Waals surface area contributed by atoms with E-state index < -0.39 is 4.92 Å². The molecule has 0 amide bonds. The quantitative estimate of drug-likeness (QED) is 0.585. The highest BCUT2D eigenvalue weighted by Crippen LogP contribution is 2.27. The fourth-order valence-corrected chi connectivity index (χ4v) is 2.08. The normalized spacial score (nSPS) is 12.2. The summed E-state index contributed by atoms with van der Waals surface area (Å²) in [7, 11) is 1.64. The molecule has 0 fully saturated rings. The van der Waals surface area contributed by atoms with Gasteiger partial charge >= 0.3 is 0 Å². The molecule has 0 aliphatic carbocycles. The number of nitrogens with zero attached hydrogens (tertiary/aromatic N) is 2. The van der Waals surface area contributed by atoms with Gasteiger partial charge in [0.2, 0.25) is 0 Å².